The van der Waals surface area contributed by atoms with Crippen LogP contribution in [0.15, 0.2) is 17.5 Å². The topological polar surface area (TPSA) is 83.6 Å². The van der Waals surface area contributed by atoms with Gasteiger partial charge in [-0.15, -0.1) is 22.7 Å². The van der Waals surface area contributed by atoms with Crippen molar-refractivity contribution in [2.45, 2.75) is 25.7 Å². The number of hydrogen-bond acceptors (Lipinski definition) is 6. The van der Waals surface area contributed by atoms with Gasteiger partial charge in [-0.3, -0.25) is 9.59 Å². The summed E-state index contributed by atoms with van der Waals surface area (Å²) in [4.78, 5) is 27.1. The van der Waals surface area contributed by atoms with Gasteiger partial charge in [0.2, 0.25) is 21.7 Å². The maximum Gasteiger partial charge on any atom is 0.240 e. The summed E-state index contributed by atoms with van der Waals surface area (Å²) in [6.45, 7) is -0.284. The largest absolute Gasteiger partial charge is 0.316 e. The number of anilines is 1. The number of sulfonamides is 1. The van der Waals surface area contributed by atoms with Gasteiger partial charge in [0.1, 0.15) is 5.00 Å². The number of nitrogens with zero attached hydrogens (tertiary/aromatic N) is 1. The minimum absolute atomic E-state index is 0.0776. The second kappa shape index (κ2) is 7.59. The lowest BCUT2D eigenvalue weighted by atomic mass is 9.93. The average Bonchev–Trinajstić information content (AvgIpc) is 3.20. The summed E-state index contributed by atoms with van der Waals surface area (Å²) in [5.74, 6) is -0.525. The van der Waals surface area contributed by atoms with Crippen LogP contribution in [-0.4, -0.2) is 44.3 Å². The van der Waals surface area contributed by atoms with E-state index in [2.05, 4.69) is 5.32 Å². The van der Waals surface area contributed by atoms with Crippen LogP contribution >= 0.6 is 22.7 Å². The van der Waals surface area contributed by atoms with Gasteiger partial charge in [-0.1, -0.05) is 6.07 Å². The summed E-state index contributed by atoms with van der Waals surface area (Å²) in [5, 5.41) is 5.15. The minimum Gasteiger partial charge on any atom is -0.316 e. The molecule has 0 aliphatic heterocycles. The fourth-order valence-corrected chi connectivity index (χ4v) is 5.24. The number of likely N-dealkylation sites (N-methyl/N-ethyl adjacent to an activating group) is 1. The molecule has 140 valence electrons. The number of carbonyl (C=O) groups excluding carboxylic acids is 2. The Kier molecular flexibility index (Phi) is 5.61. The zero-order valence-electron chi connectivity index (χ0n) is 14.6. The molecule has 0 spiro atoms. The first kappa shape index (κ1) is 19.2. The molecule has 1 aliphatic rings. The third-order valence-corrected chi connectivity index (χ3v) is 7.67. The van der Waals surface area contributed by atoms with Crippen LogP contribution in [0.25, 0.3) is 0 Å². The second-order valence-electron chi connectivity index (χ2n) is 6.29. The zero-order valence-corrected chi connectivity index (χ0v) is 17.0. The number of carbonyl (C=O) groups is 2. The van der Waals surface area contributed by atoms with Gasteiger partial charge < -0.3 is 5.32 Å². The van der Waals surface area contributed by atoms with E-state index in [4.69, 9.17) is 0 Å². The first-order valence-electron chi connectivity index (χ1n) is 8.21. The Morgan fingerprint density at radius 2 is 2.00 bits per heavy atom. The smallest absolute Gasteiger partial charge is 0.240 e. The molecule has 26 heavy (non-hydrogen) atoms. The molecule has 9 heteroatoms. The lowest BCUT2D eigenvalue weighted by Gasteiger charge is -2.14. The summed E-state index contributed by atoms with van der Waals surface area (Å²) >= 11 is 2.81. The molecule has 2 heterocycles. The zero-order chi connectivity index (χ0) is 18.9. The Labute approximate surface area is 160 Å². The predicted molar refractivity (Wildman–Crippen MR) is 105 cm³/mol. The van der Waals surface area contributed by atoms with Gasteiger partial charge in [0.15, 0.2) is 0 Å². The molecule has 3 rings (SSSR count). The predicted octanol–water partition coefficient (Wildman–Crippen LogP) is 2.75. The van der Waals surface area contributed by atoms with E-state index in [1.807, 2.05) is 11.4 Å². The van der Waals surface area contributed by atoms with Gasteiger partial charge in [0.25, 0.3) is 0 Å². The van der Waals surface area contributed by atoms with Crippen molar-refractivity contribution in [2.24, 2.45) is 0 Å². The van der Waals surface area contributed by atoms with E-state index in [1.165, 1.54) is 29.7 Å². The molecule has 1 N–H and O–H groups in total. The number of ketones is 1. The molecule has 6 nitrogen and oxygen atoms in total. The van der Waals surface area contributed by atoms with Crippen molar-refractivity contribution in [2.75, 3.05) is 25.2 Å². The summed E-state index contributed by atoms with van der Waals surface area (Å²) in [6.07, 6.45) is 4.89. The monoisotopic (exact) mass is 412 g/mol. The van der Waals surface area contributed by atoms with Crippen LogP contribution < -0.4 is 5.32 Å². The number of nitrogens with one attached hydrogen (secondary N) is 1. The number of hydrogen-bond donors (Lipinski definition) is 1. The molecule has 0 saturated heterocycles. The van der Waals surface area contributed by atoms with Crippen molar-refractivity contribution in [3.63, 3.8) is 0 Å². The fraction of sp³-hybridized carbons (Fsp3) is 0.412. The molecule has 0 radical (unpaired) electrons. The highest BCUT2D eigenvalue weighted by atomic mass is 32.2. The van der Waals surface area contributed by atoms with Gasteiger partial charge in [-0.05, 0) is 42.7 Å². The van der Waals surface area contributed by atoms with Gasteiger partial charge in [0, 0.05) is 11.9 Å². The highest BCUT2D eigenvalue weighted by Gasteiger charge is 2.28. The van der Waals surface area contributed by atoms with Crippen LogP contribution in [0.5, 0.6) is 0 Å². The number of aryl methyl sites for hydroxylation is 1. The molecule has 0 bridgehead atoms. The molecule has 1 aliphatic carbocycles. The van der Waals surface area contributed by atoms with Crippen LogP contribution in [0.3, 0.4) is 0 Å². The van der Waals surface area contributed by atoms with Crippen molar-refractivity contribution in [3.05, 3.63) is 38.4 Å². The van der Waals surface area contributed by atoms with Crippen LogP contribution in [0.1, 0.15) is 38.5 Å². The SMILES string of the molecule is CN(CC(=O)Nc1sc2c(c1C(=O)c1cccs1)CCCC2)S(C)(=O)=O. The van der Waals surface area contributed by atoms with Crippen LogP contribution in [0.2, 0.25) is 0 Å². The van der Waals surface area contributed by atoms with E-state index in [-0.39, 0.29) is 12.3 Å². The number of fused-ring (bicyclic) bond motifs is 1. The summed E-state index contributed by atoms with van der Waals surface area (Å²) in [7, 11) is -2.09. The van der Waals surface area contributed by atoms with Crippen molar-refractivity contribution in [1.82, 2.24) is 4.31 Å². The molecule has 0 saturated carbocycles. The first-order valence-corrected chi connectivity index (χ1v) is 11.8. The van der Waals surface area contributed by atoms with Crippen molar-refractivity contribution in [1.29, 1.82) is 0 Å². The van der Waals surface area contributed by atoms with E-state index in [9.17, 15) is 18.0 Å². The minimum atomic E-state index is -3.44. The van der Waals surface area contributed by atoms with Crippen LogP contribution in [0.4, 0.5) is 5.00 Å². The van der Waals surface area contributed by atoms with Crippen LogP contribution in [0, 0.1) is 0 Å². The average molecular weight is 413 g/mol. The lowest BCUT2D eigenvalue weighted by molar-refractivity contribution is -0.116. The van der Waals surface area contributed by atoms with E-state index >= 15 is 0 Å². The molecule has 1 amide bonds. The van der Waals surface area contributed by atoms with E-state index in [0.29, 0.717) is 15.4 Å². The third kappa shape index (κ3) is 4.06. The van der Waals surface area contributed by atoms with E-state index in [0.717, 1.165) is 46.7 Å². The second-order valence-corrected chi connectivity index (χ2v) is 10.4. The normalized spacial score (nSPS) is 14.3. The summed E-state index contributed by atoms with van der Waals surface area (Å²) < 4.78 is 24.0. The Bertz CT molecular complexity index is 930. The highest BCUT2D eigenvalue weighted by molar-refractivity contribution is 7.88. The Morgan fingerprint density at radius 1 is 1.27 bits per heavy atom. The Hall–Kier alpha value is -1.55. The molecule has 2 aromatic heterocycles. The van der Waals surface area contributed by atoms with Crippen LogP contribution in [-0.2, 0) is 27.7 Å². The van der Waals surface area contributed by atoms with Crippen molar-refractivity contribution >= 4 is 49.4 Å². The molecule has 0 fully saturated rings. The maximum absolute atomic E-state index is 13.0. The van der Waals surface area contributed by atoms with E-state index < -0.39 is 15.9 Å². The fourth-order valence-electron chi connectivity index (χ4n) is 2.91. The molecular formula is C17H20N2O4S3. The molecule has 0 aromatic carbocycles. The highest BCUT2D eigenvalue weighted by Crippen LogP contribution is 2.39. The Balaban J connectivity index is 1.90. The van der Waals surface area contributed by atoms with Crippen molar-refractivity contribution in [3.8, 4) is 0 Å². The molecule has 0 unspecified atom stereocenters. The first-order chi connectivity index (χ1) is 12.3. The summed E-state index contributed by atoms with van der Waals surface area (Å²) in [6, 6.07) is 3.61. The molecular weight excluding hydrogens is 392 g/mol. The number of amides is 1. The maximum atomic E-state index is 13.0. The van der Waals surface area contributed by atoms with Gasteiger partial charge >= 0.3 is 0 Å². The molecule has 2 aromatic rings. The van der Waals surface area contributed by atoms with Gasteiger partial charge in [-0.25, -0.2) is 8.42 Å². The lowest BCUT2D eigenvalue weighted by Crippen LogP contribution is -2.34. The Morgan fingerprint density at radius 3 is 2.65 bits per heavy atom. The number of rotatable bonds is 6. The summed E-state index contributed by atoms with van der Waals surface area (Å²) in [5.41, 5.74) is 1.61. The van der Waals surface area contributed by atoms with E-state index in [1.54, 1.807) is 6.07 Å². The van der Waals surface area contributed by atoms with Crippen molar-refractivity contribution < 1.29 is 18.0 Å². The standard InChI is InChI=1S/C17H20N2O4S3/c1-19(26(2,22)23)10-14(20)18-17-15(16(21)13-8-5-9-24-13)11-6-3-4-7-12(11)25-17/h5,8-9H,3-4,6-7,10H2,1-2H3,(H,18,20). The number of thiophene rings is 2. The quantitative estimate of drug-likeness (QED) is 0.740. The third-order valence-electron chi connectivity index (χ3n) is 4.33. The molecule has 0 atom stereocenters. The van der Waals surface area contributed by atoms with Gasteiger partial charge in [-0.2, -0.15) is 4.31 Å². The van der Waals surface area contributed by atoms with Gasteiger partial charge in [0.05, 0.1) is 23.2 Å².